The van der Waals surface area contributed by atoms with Crippen LogP contribution in [0, 0.1) is 13.8 Å². The number of sulfonamides is 1. The minimum absolute atomic E-state index is 0.140. The normalized spacial score (nSPS) is 17.4. The quantitative estimate of drug-likeness (QED) is 0.871. The van der Waals surface area contributed by atoms with Crippen molar-refractivity contribution in [3.8, 4) is 0 Å². The Bertz CT molecular complexity index is 954. The largest absolute Gasteiger partial charge is 0.346 e. The van der Waals surface area contributed by atoms with E-state index in [1.54, 1.807) is 24.3 Å². The zero-order valence-electron chi connectivity index (χ0n) is 16.0. The lowest BCUT2D eigenvalue weighted by Crippen LogP contribution is -2.38. The fraction of sp³-hybridized carbons (Fsp3) is 0.381. The second-order valence-electron chi connectivity index (χ2n) is 7.18. The lowest BCUT2D eigenvalue weighted by atomic mass is 10.0. The predicted octanol–water partition coefficient (Wildman–Crippen LogP) is 3.72. The Labute approximate surface area is 161 Å². The summed E-state index contributed by atoms with van der Waals surface area (Å²) in [5.74, 6) is -0.0512. The molecule has 0 aliphatic carbocycles. The number of hydrogen-bond donors (Lipinski definition) is 1. The first kappa shape index (κ1) is 19.4. The molecule has 0 spiro atoms. The highest BCUT2D eigenvalue weighted by molar-refractivity contribution is 7.92. The summed E-state index contributed by atoms with van der Waals surface area (Å²) in [5.41, 5.74) is 4.46. The third kappa shape index (κ3) is 4.33. The van der Waals surface area contributed by atoms with Crippen LogP contribution in [0.25, 0.3) is 0 Å². The summed E-state index contributed by atoms with van der Waals surface area (Å²) >= 11 is 0. The van der Waals surface area contributed by atoms with Gasteiger partial charge in [0, 0.05) is 12.1 Å². The number of carbonyl (C=O) groups is 1. The van der Waals surface area contributed by atoms with E-state index in [0.29, 0.717) is 24.2 Å². The standard InChI is InChI=1S/C21H26N2O3S/c1-15-9-10-18(13-16(15)2)17(3)22-21(24)19-7-6-8-20(14-19)23-11-4-5-12-27(23,25)26/h6-10,13-14,17H,4-5,11-12H2,1-3H3,(H,22,24)/t17-/m0/s1. The smallest absolute Gasteiger partial charge is 0.251 e. The number of carbonyl (C=O) groups excluding carboxylic acids is 1. The number of benzene rings is 2. The first-order valence-electron chi connectivity index (χ1n) is 9.26. The van der Waals surface area contributed by atoms with E-state index in [1.165, 1.54) is 15.4 Å². The average molecular weight is 387 g/mol. The van der Waals surface area contributed by atoms with Crippen LogP contribution in [0.5, 0.6) is 0 Å². The average Bonchev–Trinajstić information content (AvgIpc) is 2.63. The van der Waals surface area contributed by atoms with Crippen molar-refractivity contribution in [3.63, 3.8) is 0 Å². The van der Waals surface area contributed by atoms with Gasteiger partial charge in [0.1, 0.15) is 0 Å². The molecule has 2 aromatic rings. The molecule has 1 aliphatic rings. The molecular weight excluding hydrogens is 360 g/mol. The summed E-state index contributed by atoms with van der Waals surface area (Å²) in [4.78, 5) is 12.7. The van der Waals surface area contributed by atoms with E-state index in [4.69, 9.17) is 0 Å². The molecule has 0 unspecified atom stereocenters. The molecule has 1 heterocycles. The van der Waals surface area contributed by atoms with E-state index in [-0.39, 0.29) is 17.7 Å². The van der Waals surface area contributed by atoms with Crippen molar-refractivity contribution in [3.05, 3.63) is 64.7 Å². The zero-order chi connectivity index (χ0) is 19.6. The van der Waals surface area contributed by atoms with Gasteiger partial charge in [-0.3, -0.25) is 9.10 Å². The number of nitrogens with one attached hydrogen (secondary N) is 1. The van der Waals surface area contributed by atoms with E-state index in [9.17, 15) is 13.2 Å². The molecule has 1 aliphatic heterocycles. The fourth-order valence-electron chi connectivity index (χ4n) is 3.28. The molecule has 1 N–H and O–H groups in total. The Hall–Kier alpha value is -2.34. The van der Waals surface area contributed by atoms with Gasteiger partial charge in [-0.15, -0.1) is 0 Å². The second-order valence-corrected chi connectivity index (χ2v) is 9.20. The van der Waals surface area contributed by atoms with Crippen molar-refractivity contribution in [1.82, 2.24) is 5.32 Å². The number of hydrogen-bond acceptors (Lipinski definition) is 3. The Balaban J connectivity index is 1.78. The van der Waals surface area contributed by atoms with Gasteiger partial charge in [-0.25, -0.2) is 8.42 Å². The van der Waals surface area contributed by atoms with Gasteiger partial charge in [0.2, 0.25) is 10.0 Å². The summed E-state index contributed by atoms with van der Waals surface area (Å²) in [5, 5.41) is 3.00. The van der Waals surface area contributed by atoms with Crippen LogP contribution in [0.3, 0.4) is 0 Å². The molecule has 0 bridgehead atoms. The van der Waals surface area contributed by atoms with Gasteiger partial charge < -0.3 is 5.32 Å². The lowest BCUT2D eigenvalue weighted by molar-refractivity contribution is 0.0940. The van der Waals surface area contributed by atoms with Gasteiger partial charge in [-0.2, -0.15) is 0 Å². The Morgan fingerprint density at radius 2 is 1.85 bits per heavy atom. The minimum Gasteiger partial charge on any atom is -0.346 e. The molecule has 1 amide bonds. The monoisotopic (exact) mass is 386 g/mol. The van der Waals surface area contributed by atoms with E-state index in [1.807, 2.05) is 13.0 Å². The van der Waals surface area contributed by atoms with Crippen molar-refractivity contribution < 1.29 is 13.2 Å². The van der Waals surface area contributed by atoms with Gasteiger partial charge in [0.15, 0.2) is 0 Å². The first-order chi connectivity index (χ1) is 12.8. The molecule has 3 rings (SSSR count). The number of nitrogens with zero attached hydrogens (tertiary/aromatic N) is 1. The molecule has 0 radical (unpaired) electrons. The maximum absolute atomic E-state index is 12.7. The Morgan fingerprint density at radius 3 is 2.56 bits per heavy atom. The fourth-order valence-corrected chi connectivity index (χ4v) is 4.91. The van der Waals surface area contributed by atoms with Crippen LogP contribution < -0.4 is 9.62 Å². The van der Waals surface area contributed by atoms with Crippen LogP contribution >= 0.6 is 0 Å². The summed E-state index contributed by atoms with van der Waals surface area (Å²) < 4.78 is 26.0. The molecule has 2 aromatic carbocycles. The van der Waals surface area contributed by atoms with Gasteiger partial charge in [0.05, 0.1) is 17.5 Å². The summed E-state index contributed by atoms with van der Waals surface area (Å²) in [6.45, 7) is 6.52. The summed E-state index contributed by atoms with van der Waals surface area (Å²) in [7, 11) is -3.29. The third-order valence-electron chi connectivity index (χ3n) is 5.12. The van der Waals surface area contributed by atoms with Crippen molar-refractivity contribution in [2.75, 3.05) is 16.6 Å². The van der Waals surface area contributed by atoms with Crippen molar-refractivity contribution in [2.45, 2.75) is 39.7 Å². The van der Waals surface area contributed by atoms with Gasteiger partial charge >= 0.3 is 0 Å². The van der Waals surface area contributed by atoms with Gasteiger partial charge in [-0.05, 0) is 68.5 Å². The maximum Gasteiger partial charge on any atom is 0.251 e. The van der Waals surface area contributed by atoms with E-state index in [2.05, 4.69) is 31.3 Å². The number of rotatable bonds is 4. The highest BCUT2D eigenvalue weighted by Crippen LogP contribution is 2.25. The summed E-state index contributed by atoms with van der Waals surface area (Å²) in [6.07, 6.45) is 1.52. The van der Waals surface area contributed by atoms with Gasteiger partial charge in [0.25, 0.3) is 5.91 Å². The van der Waals surface area contributed by atoms with Crippen LogP contribution in [0.4, 0.5) is 5.69 Å². The molecule has 6 heteroatoms. The van der Waals surface area contributed by atoms with E-state index < -0.39 is 10.0 Å². The summed E-state index contributed by atoms with van der Waals surface area (Å²) in [6, 6.07) is 12.9. The molecule has 5 nitrogen and oxygen atoms in total. The number of aryl methyl sites for hydroxylation is 2. The topological polar surface area (TPSA) is 66.5 Å². The molecule has 144 valence electrons. The number of anilines is 1. The number of amides is 1. The van der Waals surface area contributed by atoms with Crippen LogP contribution in [-0.4, -0.2) is 26.6 Å². The van der Waals surface area contributed by atoms with Crippen LogP contribution in [0.15, 0.2) is 42.5 Å². The van der Waals surface area contributed by atoms with E-state index in [0.717, 1.165) is 12.0 Å². The first-order valence-corrected chi connectivity index (χ1v) is 10.9. The Morgan fingerprint density at radius 1 is 1.07 bits per heavy atom. The molecule has 1 saturated heterocycles. The van der Waals surface area contributed by atoms with Crippen LogP contribution in [0.2, 0.25) is 0 Å². The predicted molar refractivity (Wildman–Crippen MR) is 109 cm³/mol. The Kier molecular flexibility index (Phi) is 5.56. The van der Waals surface area contributed by atoms with Gasteiger partial charge in [-0.1, -0.05) is 24.3 Å². The SMILES string of the molecule is Cc1ccc([C@H](C)NC(=O)c2cccc(N3CCCCS3(=O)=O)c2)cc1C. The molecule has 27 heavy (non-hydrogen) atoms. The molecular formula is C21H26N2O3S. The zero-order valence-corrected chi connectivity index (χ0v) is 16.8. The van der Waals surface area contributed by atoms with Crippen molar-refractivity contribution in [2.24, 2.45) is 0 Å². The van der Waals surface area contributed by atoms with Crippen LogP contribution in [-0.2, 0) is 10.0 Å². The highest BCUT2D eigenvalue weighted by atomic mass is 32.2. The van der Waals surface area contributed by atoms with Crippen molar-refractivity contribution in [1.29, 1.82) is 0 Å². The highest BCUT2D eigenvalue weighted by Gasteiger charge is 2.26. The third-order valence-corrected chi connectivity index (χ3v) is 6.99. The second kappa shape index (κ2) is 7.72. The maximum atomic E-state index is 12.7. The molecule has 1 atom stereocenters. The van der Waals surface area contributed by atoms with E-state index >= 15 is 0 Å². The lowest BCUT2D eigenvalue weighted by Gasteiger charge is -2.28. The van der Waals surface area contributed by atoms with Crippen molar-refractivity contribution >= 4 is 21.6 Å². The minimum atomic E-state index is -3.29. The van der Waals surface area contributed by atoms with Crippen LogP contribution in [0.1, 0.15) is 52.9 Å². The molecule has 0 aromatic heterocycles. The molecule has 0 saturated carbocycles. The molecule has 1 fully saturated rings.